The predicted molar refractivity (Wildman–Crippen MR) is 48.7 cm³/mol. The first-order chi connectivity index (χ1) is 6.18. The Morgan fingerprint density at radius 3 is 3.08 bits per heavy atom. The van der Waals surface area contributed by atoms with Gasteiger partial charge in [-0.25, -0.2) is 0 Å². The molecular formula is C10H13NO2. The van der Waals surface area contributed by atoms with Crippen molar-refractivity contribution in [3.63, 3.8) is 0 Å². The molecule has 0 amide bonds. The lowest BCUT2D eigenvalue weighted by Crippen LogP contribution is -2.21. The molecule has 0 radical (unpaired) electrons. The van der Waals surface area contributed by atoms with Gasteiger partial charge >= 0.3 is 5.97 Å². The molecular weight excluding hydrogens is 166 g/mol. The van der Waals surface area contributed by atoms with Crippen LogP contribution in [0.3, 0.4) is 0 Å². The number of hydrogen-bond donors (Lipinski definition) is 2. The molecule has 0 fully saturated rings. The number of aromatic amines is 1. The van der Waals surface area contributed by atoms with Crippen LogP contribution in [0.25, 0.3) is 0 Å². The number of nitrogens with one attached hydrogen (secondary N) is 1. The molecule has 1 aromatic rings. The second-order valence-corrected chi connectivity index (χ2v) is 3.87. The van der Waals surface area contributed by atoms with E-state index in [1.54, 1.807) is 0 Å². The zero-order valence-electron chi connectivity index (χ0n) is 7.58. The SMILES string of the molecule is CC1Cc2c[nH]cc2C(C(=O)O)C1. The first-order valence-corrected chi connectivity index (χ1v) is 4.57. The van der Waals surface area contributed by atoms with Crippen molar-refractivity contribution in [1.82, 2.24) is 4.98 Å². The molecule has 70 valence electrons. The summed E-state index contributed by atoms with van der Waals surface area (Å²) in [6, 6.07) is 0. The Morgan fingerprint density at radius 2 is 2.38 bits per heavy atom. The Bertz CT molecular complexity index is 329. The molecule has 2 rings (SSSR count). The third kappa shape index (κ3) is 1.34. The molecule has 0 aromatic carbocycles. The molecule has 1 aromatic heterocycles. The van der Waals surface area contributed by atoms with E-state index < -0.39 is 5.97 Å². The molecule has 2 atom stereocenters. The van der Waals surface area contributed by atoms with Gasteiger partial charge in [0, 0.05) is 12.4 Å². The maximum Gasteiger partial charge on any atom is 0.311 e. The summed E-state index contributed by atoms with van der Waals surface area (Å²) in [5.41, 5.74) is 2.15. The normalized spacial score (nSPS) is 26.8. The van der Waals surface area contributed by atoms with Crippen LogP contribution in [0.15, 0.2) is 12.4 Å². The average molecular weight is 179 g/mol. The third-order valence-corrected chi connectivity index (χ3v) is 2.75. The van der Waals surface area contributed by atoms with Crippen LogP contribution in [0.5, 0.6) is 0 Å². The summed E-state index contributed by atoms with van der Waals surface area (Å²) in [7, 11) is 0. The minimum absolute atomic E-state index is 0.301. The molecule has 2 unspecified atom stereocenters. The molecule has 1 aliphatic rings. The van der Waals surface area contributed by atoms with Crippen LogP contribution in [0.4, 0.5) is 0 Å². The first kappa shape index (κ1) is 8.35. The number of rotatable bonds is 1. The number of fused-ring (bicyclic) bond motifs is 1. The highest BCUT2D eigenvalue weighted by molar-refractivity contribution is 5.77. The molecule has 1 heterocycles. The summed E-state index contributed by atoms with van der Waals surface area (Å²) < 4.78 is 0. The topological polar surface area (TPSA) is 53.1 Å². The van der Waals surface area contributed by atoms with Gasteiger partial charge < -0.3 is 10.1 Å². The summed E-state index contributed by atoms with van der Waals surface area (Å²) >= 11 is 0. The number of carboxylic acids is 1. The Balaban J connectivity index is 2.38. The zero-order chi connectivity index (χ0) is 9.42. The van der Waals surface area contributed by atoms with E-state index in [1.807, 2.05) is 12.4 Å². The zero-order valence-corrected chi connectivity index (χ0v) is 7.58. The van der Waals surface area contributed by atoms with Gasteiger partial charge in [0.2, 0.25) is 0 Å². The third-order valence-electron chi connectivity index (χ3n) is 2.75. The lowest BCUT2D eigenvalue weighted by Gasteiger charge is -2.23. The molecule has 0 aliphatic heterocycles. The molecule has 3 heteroatoms. The van der Waals surface area contributed by atoms with Gasteiger partial charge in [-0.05, 0) is 29.9 Å². The summed E-state index contributed by atoms with van der Waals surface area (Å²) in [5.74, 6) is -0.526. The molecule has 0 saturated heterocycles. The molecule has 0 saturated carbocycles. The number of carboxylic acid groups (broad SMARTS) is 1. The maximum atomic E-state index is 10.9. The van der Waals surface area contributed by atoms with E-state index in [9.17, 15) is 4.79 Å². The van der Waals surface area contributed by atoms with E-state index in [2.05, 4.69) is 11.9 Å². The van der Waals surface area contributed by atoms with Crippen molar-refractivity contribution in [2.24, 2.45) is 5.92 Å². The highest BCUT2D eigenvalue weighted by atomic mass is 16.4. The second-order valence-electron chi connectivity index (χ2n) is 3.87. The van der Waals surface area contributed by atoms with Crippen LogP contribution in [0.1, 0.15) is 30.4 Å². The number of carbonyl (C=O) groups is 1. The van der Waals surface area contributed by atoms with Gasteiger partial charge in [-0.3, -0.25) is 4.79 Å². The van der Waals surface area contributed by atoms with Crippen molar-refractivity contribution in [2.75, 3.05) is 0 Å². The lowest BCUT2D eigenvalue weighted by atomic mass is 9.80. The van der Waals surface area contributed by atoms with Crippen LogP contribution in [0.2, 0.25) is 0 Å². The van der Waals surface area contributed by atoms with E-state index in [1.165, 1.54) is 5.56 Å². The van der Waals surface area contributed by atoms with Gasteiger partial charge in [0.25, 0.3) is 0 Å². The van der Waals surface area contributed by atoms with E-state index in [0.717, 1.165) is 18.4 Å². The summed E-state index contributed by atoms with van der Waals surface area (Å²) in [6.07, 6.45) is 5.50. The van der Waals surface area contributed by atoms with Crippen molar-refractivity contribution in [3.8, 4) is 0 Å². The van der Waals surface area contributed by atoms with Crippen molar-refractivity contribution < 1.29 is 9.90 Å². The number of aliphatic carboxylic acids is 1. The highest BCUT2D eigenvalue weighted by Gasteiger charge is 2.29. The largest absolute Gasteiger partial charge is 0.481 e. The van der Waals surface area contributed by atoms with E-state index in [0.29, 0.717) is 5.92 Å². The monoisotopic (exact) mass is 179 g/mol. The summed E-state index contributed by atoms with van der Waals surface area (Å²) in [4.78, 5) is 13.9. The maximum absolute atomic E-state index is 10.9. The van der Waals surface area contributed by atoms with Gasteiger partial charge in [0.05, 0.1) is 5.92 Å². The lowest BCUT2D eigenvalue weighted by molar-refractivity contribution is -0.139. The fourth-order valence-electron chi connectivity index (χ4n) is 2.13. The Kier molecular flexibility index (Phi) is 1.87. The van der Waals surface area contributed by atoms with Crippen LogP contribution >= 0.6 is 0 Å². The number of hydrogen-bond acceptors (Lipinski definition) is 1. The van der Waals surface area contributed by atoms with E-state index >= 15 is 0 Å². The molecule has 3 nitrogen and oxygen atoms in total. The number of H-pyrrole nitrogens is 1. The van der Waals surface area contributed by atoms with Crippen LogP contribution < -0.4 is 0 Å². The van der Waals surface area contributed by atoms with Crippen molar-refractivity contribution in [3.05, 3.63) is 23.5 Å². The first-order valence-electron chi connectivity index (χ1n) is 4.57. The van der Waals surface area contributed by atoms with Gasteiger partial charge in [-0.15, -0.1) is 0 Å². The Morgan fingerprint density at radius 1 is 1.62 bits per heavy atom. The fraction of sp³-hybridized carbons (Fsp3) is 0.500. The summed E-state index contributed by atoms with van der Waals surface area (Å²) in [6.45, 7) is 2.10. The molecule has 0 spiro atoms. The van der Waals surface area contributed by atoms with Crippen LogP contribution in [0, 0.1) is 5.92 Å². The fourth-order valence-corrected chi connectivity index (χ4v) is 2.13. The Labute approximate surface area is 76.8 Å². The standard InChI is InChI=1S/C10H13NO2/c1-6-2-7-4-11-5-9(7)8(3-6)10(12)13/h4-6,8,11H,2-3H2,1H3,(H,12,13). The molecule has 13 heavy (non-hydrogen) atoms. The van der Waals surface area contributed by atoms with Gasteiger partial charge in [-0.2, -0.15) is 0 Å². The van der Waals surface area contributed by atoms with Gasteiger partial charge in [0.1, 0.15) is 0 Å². The number of aromatic nitrogens is 1. The van der Waals surface area contributed by atoms with Crippen LogP contribution in [-0.4, -0.2) is 16.1 Å². The molecule has 2 N–H and O–H groups in total. The molecule has 0 bridgehead atoms. The van der Waals surface area contributed by atoms with E-state index in [-0.39, 0.29) is 5.92 Å². The van der Waals surface area contributed by atoms with Crippen LogP contribution in [-0.2, 0) is 11.2 Å². The smallest absolute Gasteiger partial charge is 0.311 e. The average Bonchev–Trinajstić information content (AvgIpc) is 2.49. The van der Waals surface area contributed by atoms with Crippen molar-refractivity contribution in [1.29, 1.82) is 0 Å². The highest BCUT2D eigenvalue weighted by Crippen LogP contribution is 2.34. The Hall–Kier alpha value is -1.25. The minimum atomic E-state index is -0.701. The van der Waals surface area contributed by atoms with Gasteiger partial charge in [0.15, 0.2) is 0 Å². The van der Waals surface area contributed by atoms with E-state index in [4.69, 9.17) is 5.11 Å². The molecule has 1 aliphatic carbocycles. The van der Waals surface area contributed by atoms with Crippen molar-refractivity contribution in [2.45, 2.75) is 25.7 Å². The quantitative estimate of drug-likeness (QED) is 0.690. The summed E-state index contributed by atoms with van der Waals surface area (Å²) in [5, 5.41) is 9.01. The minimum Gasteiger partial charge on any atom is -0.481 e. The predicted octanol–water partition coefficient (Wildman–Crippen LogP) is 1.77. The van der Waals surface area contributed by atoms with Gasteiger partial charge in [-0.1, -0.05) is 6.92 Å². The van der Waals surface area contributed by atoms with Crippen molar-refractivity contribution >= 4 is 5.97 Å². The second kappa shape index (κ2) is 2.91.